The molecule has 2 aliphatic rings. The molecule has 0 saturated carbocycles. The van der Waals surface area contributed by atoms with Gasteiger partial charge in [-0.2, -0.15) is 0 Å². The van der Waals surface area contributed by atoms with E-state index in [-0.39, 0.29) is 42.6 Å². The standard InChI is InChI=1S/C24H22N2O6/c1-32-17-4-2-3-15(12-17)11-16(27)7-5-14-6-8-18-19(13-14)24(31)26(23(18)30)20-9-10-21(28)25-22(20)29/h2-4,6,8,12-13,20H,5,7,9-11H2,1H3,(H,25,28,29). The van der Waals surface area contributed by atoms with Crippen molar-refractivity contribution < 1.29 is 28.7 Å². The normalized spacial score (nSPS) is 17.9. The molecule has 1 fully saturated rings. The number of nitrogens with zero attached hydrogens (tertiary/aromatic N) is 1. The number of ketones is 1. The number of fused-ring (bicyclic) bond motifs is 1. The maximum atomic E-state index is 12.9. The molecule has 0 spiro atoms. The molecule has 2 aromatic rings. The van der Waals surface area contributed by atoms with Crippen LogP contribution in [0, 0.1) is 0 Å². The van der Waals surface area contributed by atoms with E-state index in [4.69, 9.17) is 4.74 Å². The van der Waals surface area contributed by atoms with Gasteiger partial charge in [0, 0.05) is 19.3 Å². The van der Waals surface area contributed by atoms with Crippen LogP contribution in [0.1, 0.15) is 51.1 Å². The Hall–Kier alpha value is -3.81. The van der Waals surface area contributed by atoms with Gasteiger partial charge < -0.3 is 4.74 Å². The summed E-state index contributed by atoms with van der Waals surface area (Å²) < 4.78 is 5.18. The van der Waals surface area contributed by atoms with Crippen molar-refractivity contribution in [3.8, 4) is 5.75 Å². The quantitative estimate of drug-likeness (QED) is 0.666. The van der Waals surface area contributed by atoms with Gasteiger partial charge in [0.15, 0.2) is 0 Å². The van der Waals surface area contributed by atoms with E-state index in [9.17, 15) is 24.0 Å². The smallest absolute Gasteiger partial charge is 0.262 e. The molecule has 4 amide bonds. The summed E-state index contributed by atoms with van der Waals surface area (Å²) in [6.07, 6.45) is 1.18. The summed E-state index contributed by atoms with van der Waals surface area (Å²) in [5, 5.41) is 2.18. The number of carbonyl (C=O) groups excluding carboxylic acids is 5. The van der Waals surface area contributed by atoms with Crippen LogP contribution in [-0.2, 0) is 27.2 Å². The van der Waals surface area contributed by atoms with E-state index >= 15 is 0 Å². The van der Waals surface area contributed by atoms with Gasteiger partial charge in [-0.1, -0.05) is 18.2 Å². The second kappa shape index (κ2) is 8.74. The van der Waals surface area contributed by atoms with E-state index in [1.807, 2.05) is 24.3 Å². The molecular weight excluding hydrogens is 412 g/mol. The zero-order valence-corrected chi connectivity index (χ0v) is 17.6. The van der Waals surface area contributed by atoms with Crippen LogP contribution in [0.2, 0.25) is 0 Å². The molecule has 1 N–H and O–H groups in total. The number of imide groups is 2. The summed E-state index contributed by atoms with van der Waals surface area (Å²) in [5.74, 6) is -1.41. The van der Waals surface area contributed by atoms with Crippen molar-refractivity contribution in [1.82, 2.24) is 10.2 Å². The summed E-state index contributed by atoms with van der Waals surface area (Å²) in [4.78, 5) is 62.5. The van der Waals surface area contributed by atoms with E-state index in [2.05, 4.69) is 5.32 Å². The van der Waals surface area contributed by atoms with Crippen LogP contribution in [0.15, 0.2) is 42.5 Å². The number of benzene rings is 2. The van der Waals surface area contributed by atoms with E-state index in [0.717, 1.165) is 16.0 Å². The molecule has 2 heterocycles. The number of piperidine rings is 1. The first-order chi connectivity index (χ1) is 15.4. The third-order valence-corrected chi connectivity index (χ3v) is 5.73. The molecular formula is C24H22N2O6. The highest BCUT2D eigenvalue weighted by molar-refractivity contribution is 6.23. The Labute approximate surface area is 184 Å². The van der Waals surface area contributed by atoms with Crippen LogP contribution in [0.25, 0.3) is 0 Å². The SMILES string of the molecule is COc1cccc(CC(=O)CCc2ccc3c(c2)C(=O)N(C2CCC(=O)NC2=O)C3=O)c1. The highest BCUT2D eigenvalue weighted by atomic mass is 16.5. The molecule has 1 atom stereocenters. The lowest BCUT2D eigenvalue weighted by Crippen LogP contribution is -2.54. The maximum Gasteiger partial charge on any atom is 0.262 e. The van der Waals surface area contributed by atoms with Crippen LogP contribution < -0.4 is 10.1 Å². The lowest BCUT2D eigenvalue weighted by atomic mass is 9.99. The predicted octanol–water partition coefficient (Wildman–Crippen LogP) is 1.84. The van der Waals surface area contributed by atoms with Gasteiger partial charge in [0.1, 0.15) is 17.6 Å². The van der Waals surface area contributed by atoms with Gasteiger partial charge in [0.05, 0.1) is 18.2 Å². The number of Topliss-reactive ketones (excluding diaryl/α,β-unsaturated/α-hetero) is 1. The Morgan fingerprint density at radius 3 is 2.56 bits per heavy atom. The van der Waals surface area contributed by atoms with E-state index in [1.165, 1.54) is 0 Å². The maximum absolute atomic E-state index is 12.9. The van der Waals surface area contributed by atoms with Gasteiger partial charge in [-0.3, -0.25) is 34.2 Å². The fourth-order valence-corrected chi connectivity index (χ4v) is 4.06. The fraction of sp³-hybridized carbons (Fsp3) is 0.292. The number of rotatable bonds is 7. The van der Waals surface area contributed by atoms with Gasteiger partial charge in [0.25, 0.3) is 11.8 Å². The van der Waals surface area contributed by atoms with Crippen LogP contribution >= 0.6 is 0 Å². The molecule has 0 radical (unpaired) electrons. The largest absolute Gasteiger partial charge is 0.497 e. The molecule has 1 unspecified atom stereocenters. The number of carbonyl (C=O) groups is 5. The fourth-order valence-electron chi connectivity index (χ4n) is 4.06. The molecule has 4 rings (SSSR count). The summed E-state index contributed by atoms with van der Waals surface area (Å²) >= 11 is 0. The molecule has 2 aliphatic heterocycles. The number of methoxy groups -OCH3 is 1. The molecule has 2 aromatic carbocycles. The predicted molar refractivity (Wildman–Crippen MR) is 113 cm³/mol. The highest BCUT2D eigenvalue weighted by Crippen LogP contribution is 2.28. The Kier molecular flexibility index (Phi) is 5.85. The first-order valence-corrected chi connectivity index (χ1v) is 10.4. The minimum absolute atomic E-state index is 0.0475. The molecule has 0 aliphatic carbocycles. The van der Waals surface area contributed by atoms with E-state index in [1.54, 1.807) is 25.3 Å². The Balaban J connectivity index is 1.43. The lowest BCUT2D eigenvalue weighted by molar-refractivity contribution is -0.136. The second-order valence-corrected chi connectivity index (χ2v) is 7.89. The third-order valence-electron chi connectivity index (χ3n) is 5.73. The molecule has 8 heteroatoms. The van der Waals surface area contributed by atoms with Gasteiger partial charge in [-0.05, 0) is 48.2 Å². The molecule has 1 saturated heterocycles. The van der Waals surface area contributed by atoms with Gasteiger partial charge in [-0.15, -0.1) is 0 Å². The van der Waals surface area contributed by atoms with Gasteiger partial charge in [-0.25, -0.2) is 0 Å². The van der Waals surface area contributed by atoms with Crippen molar-refractivity contribution in [2.24, 2.45) is 0 Å². The number of hydrogen-bond acceptors (Lipinski definition) is 6. The zero-order valence-electron chi connectivity index (χ0n) is 17.6. The van der Waals surface area contributed by atoms with Crippen molar-refractivity contribution in [2.45, 2.75) is 38.1 Å². The molecule has 0 aromatic heterocycles. The van der Waals surface area contributed by atoms with Crippen LogP contribution in [0.3, 0.4) is 0 Å². The number of hydrogen-bond donors (Lipinski definition) is 1. The zero-order chi connectivity index (χ0) is 22.8. The van der Waals surface area contributed by atoms with Crippen molar-refractivity contribution in [1.29, 1.82) is 0 Å². The minimum Gasteiger partial charge on any atom is -0.497 e. The van der Waals surface area contributed by atoms with Crippen molar-refractivity contribution in [3.63, 3.8) is 0 Å². The Morgan fingerprint density at radius 1 is 1.03 bits per heavy atom. The average Bonchev–Trinajstić information content (AvgIpc) is 3.02. The molecule has 32 heavy (non-hydrogen) atoms. The van der Waals surface area contributed by atoms with Gasteiger partial charge >= 0.3 is 0 Å². The Bertz CT molecular complexity index is 1140. The van der Waals surface area contributed by atoms with Crippen molar-refractivity contribution in [2.75, 3.05) is 7.11 Å². The topological polar surface area (TPSA) is 110 Å². The van der Waals surface area contributed by atoms with Gasteiger partial charge in [0.2, 0.25) is 11.8 Å². The lowest BCUT2D eigenvalue weighted by Gasteiger charge is -2.27. The number of aryl methyl sites for hydroxylation is 1. The molecule has 0 bridgehead atoms. The summed E-state index contributed by atoms with van der Waals surface area (Å²) in [7, 11) is 1.57. The summed E-state index contributed by atoms with van der Waals surface area (Å²) in [6, 6.07) is 11.2. The van der Waals surface area contributed by atoms with E-state index in [0.29, 0.717) is 12.2 Å². The van der Waals surface area contributed by atoms with Crippen LogP contribution in [-0.4, -0.2) is 47.5 Å². The van der Waals surface area contributed by atoms with E-state index < -0.39 is 29.7 Å². The number of amides is 4. The first kappa shape index (κ1) is 21.4. The van der Waals surface area contributed by atoms with Crippen LogP contribution in [0.5, 0.6) is 5.75 Å². The van der Waals surface area contributed by atoms with Crippen LogP contribution in [0.4, 0.5) is 0 Å². The third kappa shape index (κ3) is 4.16. The average molecular weight is 434 g/mol. The monoisotopic (exact) mass is 434 g/mol. The Morgan fingerprint density at radius 2 is 1.81 bits per heavy atom. The summed E-state index contributed by atoms with van der Waals surface area (Å²) in [6.45, 7) is 0. The molecule has 8 nitrogen and oxygen atoms in total. The first-order valence-electron chi connectivity index (χ1n) is 10.4. The van der Waals surface area contributed by atoms with Crippen molar-refractivity contribution in [3.05, 3.63) is 64.7 Å². The number of nitrogens with one attached hydrogen (secondary N) is 1. The second-order valence-electron chi connectivity index (χ2n) is 7.89. The minimum atomic E-state index is -0.993. The number of ether oxygens (including phenoxy) is 1. The van der Waals surface area contributed by atoms with Crippen molar-refractivity contribution >= 4 is 29.4 Å². The highest BCUT2D eigenvalue weighted by Gasteiger charge is 2.44. The molecule has 164 valence electrons. The summed E-state index contributed by atoms with van der Waals surface area (Å²) in [5.41, 5.74) is 2.07.